The van der Waals surface area contributed by atoms with Crippen LogP contribution < -0.4 is 5.56 Å². The number of nitrogens with one attached hydrogen (secondary N) is 1. The number of aromatic nitrogens is 1. The summed E-state index contributed by atoms with van der Waals surface area (Å²) in [6.07, 6.45) is 1.60. The predicted molar refractivity (Wildman–Crippen MR) is 32.8 cm³/mol. The van der Waals surface area contributed by atoms with Gasteiger partial charge in [-0.3, -0.25) is 4.79 Å². The second-order valence-electron chi connectivity index (χ2n) is 1.23. The molecule has 0 amide bonds. The van der Waals surface area contributed by atoms with Gasteiger partial charge in [0.25, 0.3) is 0 Å². The van der Waals surface area contributed by atoms with Gasteiger partial charge in [-0.2, -0.15) is 0 Å². The van der Waals surface area contributed by atoms with E-state index < -0.39 is 0 Å². The van der Waals surface area contributed by atoms with Gasteiger partial charge in [0.1, 0.15) is 0 Å². The van der Waals surface area contributed by atoms with Crippen LogP contribution in [-0.2, 0) is 0 Å². The van der Waals surface area contributed by atoms with E-state index in [1.165, 1.54) is 6.07 Å². The van der Waals surface area contributed by atoms with Crippen LogP contribution in [0.1, 0.15) is 0 Å². The van der Waals surface area contributed by atoms with Crippen LogP contribution in [0.5, 0.6) is 0 Å². The zero-order valence-electron chi connectivity index (χ0n) is 4.42. The average molecular weight is 135 g/mol. The van der Waals surface area contributed by atoms with Gasteiger partial charge in [-0.25, -0.2) is 0 Å². The van der Waals surface area contributed by atoms with Crippen molar-refractivity contribution in [2.24, 2.45) is 0 Å². The SMILES string of the molecule is O=c1cccc[nH]1.[Ca+2]. The van der Waals surface area contributed by atoms with Gasteiger partial charge >= 0.3 is 37.7 Å². The molecule has 0 unspecified atom stereocenters. The molecule has 1 rings (SSSR count). The first-order chi connectivity index (χ1) is 3.39. The van der Waals surface area contributed by atoms with Crippen LogP contribution in [0.3, 0.4) is 0 Å². The van der Waals surface area contributed by atoms with Gasteiger partial charge in [-0.15, -0.1) is 0 Å². The summed E-state index contributed by atoms with van der Waals surface area (Å²) in [5.74, 6) is 0. The monoisotopic (exact) mass is 135 g/mol. The molecule has 0 saturated heterocycles. The second-order valence-corrected chi connectivity index (χ2v) is 1.23. The van der Waals surface area contributed by atoms with E-state index in [0.29, 0.717) is 0 Å². The predicted octanol–water partition coefficient (Wildman–Crippen LogP) is -0.00590. The van der Waals surface area contributed by atoms with Crippen molar-refractivity contribution >= 4 is 37.7 Å². The van der Waals surface area contributed by atoms with Gasteiger partial charge in [0.05, 0.1) is 0 Å². The molecule has 1 aromatic heterocycles. The van der Waals surface area contributed by atoms with E-state index in [9.17, 15) is 4.79 Å². The van der Waals surface area contributed by atoms with E-state index >= 15 is 0 Å². The summed E-state index contributed by atoms with van der Waals surface area (Å²) in [5.41, 5.74) is -0.0532. The maximum absolute atomic E-state index is 10.2. The van der Waals surface area contributed by atoms with Crippen molar-refractivity contribution in [1.29, 1.82) is 0 Å². The number of hydrogen-bond donors (Lipinski definition) is 1. The third kappa shape index (κ3) is 2.50. The minimum absolute atomic E-state index is 0. The third-order valence-corrected chi connectivity index (χ3v) is 0.681. The minimum atomic E-state index is -0.0532. The molecule has 8 heavy (non-hydrogen) atoms. The molecular weight excluding hydrogens is 130 g/mol. The first kappa shape index (κ1) is 8.21. The van der Waals surface area contributed by atoms with Crippen molar-refractivity contribution in [3.63, 3.8) is 0 Å². The van der Waals surface area contributed by atoms with Crippen LogP contribution in [0.25, 0.3) is 0 Å². The summed E-state index contributed by atoms with van der Waals surface area (Å²) in [4.78, 5) is 12.7. The van der Waals surface area contributed by atoms with Crippen molar-refractivity contribution in [1.82, 2.24) is 4.98 Å². The number of H-pyrrole nitrogens is 1. The summed E-state index contributed by atoms with van der Waals surface area (Å²) in [7, 11) is 0. The smallest absolute Gasteiger partial charge is 0.329 e. The Morgan fingerprint density at radius 2 is 2.12 bits per heavy atom. The molecule has 2 nitrogen and oxygen atoms in total. The van der Waals surface area contributed by atoms with E-state index in [1.807, 2.05) is 0 Å². The number of hydrogen-bond acceptors (Lipinski definition) is 1. The first-order valence-electron chi connectivity index (χ1n) is 2.03. The fraction of sp³-hybridized carbons (Fsp3) is 0. The third-order valence-electron chi connectivity index (χ3n) is 0.681. The Morgan fingerprint density at radius 3 is 2.38 bits per heavy atom. The molecule has 36 valence electrons. The van der Waals surface area contributed by atoms with Crippen molar-refractivity contribution in [3.8, 4) is 0 Å². The van der Waals surface area contributed by atoms with Gasteiger partial charge in [-0.1, -0.05) is 6.07 Å². The Bertz CT molecular complexity index is 178. The molecule has 3 heteroatoms. The van der Waals surface area contributed by atoms with Crippen LogP contribution in [0.4, 0.5) is 0 Å². The normalized spacial score (nSPS) is 7.50. The standard InChI is InChI=1S/C5H5NO.Ca/c7-5-3-1-2-4-6-5;/h1-4H,(H,6,7);/q;+2. The van der Waals surface area contributed by atoms with Crippen LogP contribution in [0.2, 0.25) is 0 Å². The van der Waals surface area contributed by atoms with E-state index in [-0.39, 0.29) is 43.3 Å². The maximum atomic E-state index is 10.2. The second kappa shape index (κ2) is 4.12. The number of aromatic amines is 1. The van der Waals surface area contributed by atoms with Crippen molar-refractivity contribution in [2.75, 3.05) is 0 Å². The molecule has 0 spiro atoms. The molecule has 0 aliphatic heterocycles. The van der Waals surface area contributed by atoms with Crippen LogP contribution in [0, 0.1) is 0 Å². The van der Waals surface area contributed by atoms with E-state index in [1.54, 1.807) is 18.3 Å². The fourth-order valence-corrected chi connectivity index (χ4v) is 0.377. The van der Waals surface area contributed by atoms with Crippen molar-refractivity contribution in [3.05, 3.63) is 34.7 Å². The molecule has 0 saturated carbocycles. The first-order valence-corrected chi connectivity index (χ1v) is 2.03. The Labute approximate surface area is 76.9 Å². The van der Waals surface area contributed by atoms with Gasteiger partial charge < -0.3 is 4.98 Å². The van der Waals surface area contributed by atoms with Crippen LogP contribution in [0.15, 0.2) is 29.2 Å². The van der Waals surface area contributed by atoms with Crippen LogP contribution in [-0.4, -0.2) is 42.7 Å². The molecule has 0 atom stereocenters. The molecule has 1 aromatic rings. The van der Waals surface area contributed by atoms with E-state index in [0.717, 1.165) is 0 Å². The van der Waals surface area contributed by atoms with E-state index in [4.69, 9.17) is 0 Å². The Kier molecular flexibility index (Phi) is 4.23. The number of pyridine rings is 1. The maximum Gasteiger partial charge on any atom is 2.00 e. The largest absolute Gasteiger partial charge is 2.00 e. The minimum Gasteiger partial charge on any atom is -0.329 e. The average Bonchev–Trinajstić information content (AvgIpc) is 1.69. The molecule has 0 radical (unpaired) electrons. The summed E-state index contributed by atoms with van der Waals surface area (Å²) >= 11 is 0. The quantitative estimate of drug-likeness (QED) is 0.499. The molecule has 0 aliphatic rings. The van der Waals surface area contributed by atoms with E-state index in [2.05, 4.69) is 4.98 Å². The summed E-state index contributed by atoms with van der Waals surface area (Å²) < 4.78 is 0. The molecule has 1 heterocycles. The topological polar surface area (TPSA) is 32.9 Å². The fourth-order valence-electron chi connectivity index (χ4n) is 0.377. The molecular formula is C5H5CaNO+2. The summed E-state index contributed by atoms with van der Waals surface area (Å²) in [6.45, 7) is 0. The molecule has 0 aliphatic carbocycles. The van der Waals surface area contributed by atoms with Crippen LogP contribution >= 0.6 is 0 Å². The van der Waals surface area contributed by atoms with Crippen molar-refractivity contribution < 1.29 is 0 Å². The van der Waals surface area contributed by atoms with Crippen molar-refractivity contribution in [2.45, 2.75) is 0 Å². The van der Waals surface area contributed by atoms with Gasteiger partial charge in [-0.05, 0) is 6.07 Å². The Morgan fingerprint density at radius 1 is 1.38 bits per heavy atom. The zero-order chi connectivity index (χ0) is 5.11. The Balaban J connectivity index is 0.000000490. The molecule has 0 bridgehead atoms. The molecule has 0 aromatic carbocycles. The summed E-state index contributed by atoms with van der Waals surface area (Å²) in [5, 5.41) is 0. The van der Waals surface area contributed by atoms with Gasteiger partial charge in [0, 0.05) is 12.3 Å². The van der Waals surface area contributed by atoms with Gasteiger partial charge in [0.2, 0.25) is 5.56 Å². The molecule has 0 fully saturated rings. The zero-order valence-corrected chi connectivity index (χ0v) is 6.63. The van der Waals surface area contributed by atoms with Gasteiger partial charge in [0.15, 0.2) is 0 Å². The molecule has 1 N–H and O–H groups in total. The summed E-state index contributed by atoms with van der Waals surface area (Å²) in [6, 6.07) is 4.93. The number of rotatable bonds is 0. The Hall–Kier alpha value is 0.210.